The van der Waals surface area contributed by atoms with Gasteiger partial charge in [0.1, 0.15) is 0 Å². The first-order chi connectivity index (χ1) is 10.7. The van der Waals surface area contributed by atoms with E-state index in [0.717, 1.165) is 5.69 Å². The summed E-state index contributed by atoms with van der Waals surface area (Å²) in [4.78, 5) is 11.9. The third-order valence-corrected chi connectivity index (χ3v) is 5.82. The van der Waals surface area contributed by atoms with E-state index in [1.165, 1.54) is 5.56 Å². The smallest absolute Gasteiger partial charge is 0.225 e. The van der Waals surface area contributed by atoms with Gasteiger partial charge in [0.25, 0.3) is 0 Å². The third kappa shape index (κ3) is 5.62. The van der Waals surface area contributed by atoms with Crippen LogP contribution in [0.3, 0.4) is 0 Å². The van der Waals surface area contributed by atoms with Gasteiger partial charge in [-0.3, -0.25) is 4.79 Å². The average molecular weight is 338 g/mol. The van der Waals surface area contributed by atoms with Crippen LogP contribution < -0.4 is 10.6 Å². The van der Waals surface area contributed by atoms with Crippen LogP contribution in [0, 0.1) is 0 Å². The molecule has 23 heavy (non-hydrogen) atoms. The van der Waals surface area contributed by atoms with Crippen molar-refractivity contribution in [1.82, 2.24) is 5.32 Å². The molecule has 1 atom stereocenters. The first-order valence-corrected chi connectivity index (χ1v) is 9.82. The van der Waals surface area contributed by atoms with Gasteiger partial charge in [-0.25, -0.2) is 8.42 Å². The van der Waals surface area contributed by atoms with Crippen LogP contribution in [0.5, 0.6) is 0 Å². The summed E-state index contributed by atoms with van der Waals surface area (Å²) in [5.41, 5.74) is 2.10. The molecule has 0 saturated carbocycles. The van der Waals surface area contributed by atoms with Gasteiger partial charge in [0.2, 0.25) is 5.91 Å². The molecule has 2 rings (SSSR count). The summed E-state index contributed by atoms with van der Waals surface area (Å²) in [7, 11) is -2.87. The number of sulfone groups is 1. The fourth-order valence-electron chi connectivity index (χ4n) is 2.62. The minimum absolute atomic E-state index is 0.0149. The van der Waals surface area contributed by atoms with Gasteiger partial charge in [-0.1, -0.05) is 32.9 Å². The van der Waals surface area contributed by atoms with E-state index in [0.29, 0.717) is 19.4 Å². The molecule has 1 unspecified atom stereocenters. The molecule has 1 aliphatic heterocycles. The van der Waals surface area contributed by atoms with Crippen LogP contribution in [0.4, 0.5) is 5.69 Å². The second kappa shape index (κ2) is 7.01. The number of nitrogens with one attached hydrogen (secondary N) is 2. The Morgan fingerprint density at radius 2 is 1.87 bits per heavy atom. The minimum Gasteiger partial charge on any atom is -0.326 e. The fraction of sp³-hybridized carbons (Fsp3) is 0.588. The van der Waals surface area contributed by atoms with Crippen molar-refractivity contribution in [2.24, 2.45) is 0 Å². The molecule has 2 N–H and O–H groups in total. The van der Waals surface area contributed by atoms with Gasteiger partial charge in [-0.15, -0.1) is 0 Å². The monoisotopic (exact) mass is 338 g/mol. The zero-order valence-corrected chi connectivity index (χ0v) is 14.9. The summed E-state index contributed by atoms with van der Waals surface area (Å²) in [5.74, 6) is 0.363. The van der Waals surface area contributed by atoms with Crippen LogP contribution in [0.15, 0.2) is 24.3 Å². The zero-order chi connectivity index (χ0) is 17.1. The number of carbonyl (C=O) groups excluding carboxylic acids is 1. The molecule has 1 saturated heterocycles. The van der Waals surface area contributed by atoms with Crippen molar-refractivity contribution in [2.75, 3.05) is 23.4 Å². The van der Waals surface area contributed by atoms with Crippen molar-refractivity contribution in [3.05, 3.63) is 29.8 Å². The van der Waals surface area contributed by atoms with Gasteiger partial charge in [0.15, 0.2) is 9.84 Å². The van der Waals surface area contributed by atoms with Gasteiger partial charge in [0.05, 0.1) is 11.5 Å². The number of hydrogen-bond acceptors (Lipinski definition) is 4. The van der Waals surface area contributed by atoms with E-state index in [1.807, 2.05) is 24.3 Å². The Balaban J connectivity index is 1.75. The Labute approximate surface area is 138 Å². The topological polar surface area (TPSA) is 75.3 Å². The second-order valence-corrected chi connectivity index (χ2v) is 9.41. The Bertz CT molecular complexity index is 645. The summed E-state index contributed by atoms with van der Waals surface area (Å²) < 4.78 is 22.7. The van der Waals surface area contributed by atoms with E-state index in [9.17, 15) is 13.2 Å². The van der Waals surface area contributed by atoms with Gasteiger partial charge in [0, 0.05) is 24.7 Å². The van der Waals surface area contributed by atoms with Gasteiger partial charge in [-0.05, 0) is 29.5 Å². The van der Waals surface area contributed by atoms with Crippen LogP contribution >= 0.6 is 0 Å². The first-order valence-electron chi connectivity index (χ1n) is 8.00. The standard InChI is InChI=1S/C17H26N2O3S/c1-17(2,3)13-4-6-14(7-5-13)19-16(20)8-10-18-15-9-11-23(21,22)12-15/h4-7,15,18H,8-12H2,1-3H3,(H,19,20). The maximum Gasteiger partial charge on any atom is 0.225 e. The third-order valence-electron chi connectivity index (χ3n) is 4.05. The van der Waals surface area contributed by atoms with Crippen LogP contribution in [0.2, 0.25) is 0 Å². The molecule has 128 valence electrons. The van der Waals surface area contributed by atoms with Crippen LogP contribution in [-0.2, 0) is 20.0 Å². The van der Waals surface area contributed by atoms with Crippen molar-refractivity contribution >= 4 is 21.4 Å². The second-order valence-electron chi connectivity index (χ2n) is 7.18. The number of hydrogen-bond donors (Lipinski definition) is 2. The Kier molecular flexibility index (Phi) is 5.47. The molecule has 1 fully saturated rings. The Morgan fingerprint density at radius 1 is 1.22 bits per heavy atom. The molecule has 6 heteroatoms. The summed E-state index contributed by atoms with van der Waals surface area (Å²) in [6, 6.07) is 7.86. The molecule has 5 nitrogen and oxygen atoms in total. The zero-order valence-electron chi connectivity index (χ0n) is 14.1. The van der Waals surface area contributed by atoms with Crippen molar-refractivity contribution in [1.29, 1.82) is 0 Å². The van der Waals surface area contributed by atoms with Crippen LogP contribution in [0.1, 0.15) is 39.2 Å². The molecule has 0 radical (unpaired) electrons. The molecule has 0 spiro atoms. The van der Waals surface area contributed by atoms with E-state index in [-0.39, 0.29) is 28.9 Å². The van der Waals surface area contributed by atoms with E-state index < -0.39 is 9.84 Å². The number of rotatable bonds is 5. The molecular formula is C17H26N2O3S. The van der Waals surface area contributed by atoms with E-state index >= 15 is 0 Å². The summed E-state index contributed by atoms with van der Waals surface area (Å²) in [6.07, 6.45) is 0.968. The average Bonchev–Trinajstić information content (AvgIpc) is 2.78. The highest BCUT2D eigenvalue weighted by Crippen LogP contribution is 2.23. The highest BCUT2D eigenvalue weighted by atomic mass is 32.2. The SMILES string of the molecule is CC(C)(C)c1ccc(NC(=O)CCNC2CCS(=O)(=O)C2)cc1. The van der Waals surface area contributed by atoms with Gasteiger partial charge < -0.3 is 10.6 Å². The van der Waals surface area contributed by atoms with Crippen molar-refractivity contribution in [3.63, 3.8) is 0 Å². The number of amides is 1. The number of carbonyl (C=O) groups is 1. The normalized spacial score (nSPS) is 20.4. The molecule has 1 amide bonds. The van der Waals surface area contributed by atoms with E-state index in [2.05, 4.69) is 31.4 Å². The molecule has 0 aromatic heterocycles. The van der Waals surface area contributed by atoms with Crippen molar-refractivity contribution in [3.8, 4) is 0 Å². The lowest BCUT2D eigenvalue weighted by Gasteiger charge is -2.19. The van der Waals surface area contributed by atoms with Gasteiger partial charge in [-0.2, -0.15) is 0 Å². The highest BCUT2D eigenvalue weighted by molar-refractivity contribution is 7.91. The van der Waals surface area contributed by atoms with E-state index in [4.69, 9.17) is 0 Å². The highest BCUT2D eigenvalue weighted by Gasteiger charge is 2.27. The molecule has 1 aromatic rings. The predicted octanol–water partition coefficient (Wildman–Crippen LogP) is 2.09. The van der Waals surface area contributed by atoms with Crippen LogP contribution in [0.25, 0.3) is 0 Å². The molecule has 0 bridgehead atoms. The maximum atomic E-state index is 11.9. The minimum atomic E-state index is -2.87. The van der Waals surface area contributed by atoms with E-state index in [1.54, 1.807) is 0 Å². The quantitative estimate of drug-likeness (QED) is 0.862. The molecule has 1 heterocycles. The Morgan fingerprint density at radius 3 is 2.39 bits per heavy atom. The molecule has 1 aliphatic rings. The largest absolute Gasteiger partial charge is 0.326 e. The molecular weight excluding hydrogens is 312 g/mol. The van der Waals surface area contributed by atoms with Crippen molar-refractivity contribution < 1.29 is 13.2 Å². The molecule has 0 aliphatic carbocycles. The maximum absolute atomic E-state index is 11.9. The number of benzene rings is 1. The summed E-state index contributed by atoms with van der Waals surface area (Å²) in [6.45, 7) is 6.94. The Hall–Kier alpha value is -1.40. The lowest BCUT2D eigenvalue weighted by molar-refractivity contribution is -0.116. The van der Waals surface area contributed by atoms with Crippen molar-refractivity contribution in [2.45, 2.75) is 45.1 Å². The number of anilines is 1. The first kappa shape index (κ1) is 17.9. The lowest BCUT2D eigenvalue weighted by atomic mass is 9.87. The molecule has 1 aromatic carbocycles. The van der Waals surface area contributed by atoms with Gasteiger partial charge >= 0.3 is 0 Å². The predicted molar refractivity (Wildman–Crippen MR) is 93.5 cm³/mol. The fourth-order valence-corrected chi connectivity index (χ4v) is 4.33. The summed E-state index contributed by atoms with van der Waals surface area (Å²) in [5, 5.41) is 6.01. The summed E-state index contributed by atoms with van der Waals surface area (Å²) >= 11 is 0. The van der Waals surface area contributed by atoms with Crippen LogP contribution in [-0.4, -0.2) is 38.4 Å². The lowest BCUT2D eigenvalue weighted by Crippen LogP contribution is -2.32.